The predicted molar refractivity (Wildman–Crippen MR) is 49.5 cm³/mol. The summed E-state index contributed by atoms with van der Waals surface area (Å²) in [5, 5.41) is 0.797. The number of hydrogen-bond acceptors (Lipinski definition) is 0. The number of halogens is 2. The average molecular weight is 285 g/mol. The van der Waals surface area contributed by atoms with Gasteiger partial charge in [-0.1, -0.05) is 24.6 Å². The Bertz CT molecular complexity index is 203. The van der Waals surface area contributed by atoms with Crippen LogP contribution in [0.25, 0.3) is 0 Å². The molecular formula is C8H8BrClZn. The van der Waals surface area contributed by atoms with Crippen molar-refractivity contribution in [3.63, 3.8) is 0 Å². The molecule has 11 heavy (non-hydrogen) atoms. The van der Waals surface area contributed by atoms with E-state index in [0.29, 0.717) is 0 Å². The van der Waals surface area contributed by atoms with Crippen molar-refractivity contribution in [2.45, 2.75) is 6.92 Å². The first-order valence-corrected chi connectivity index (χ1v) is 10.5. The molecule has 0 aliphatic carbocycles. The van der Waals surface area contributed by atoms with Gasteiger partial charge >= 0.3 is 30.0 Å². The van der Waals surface area contributed by atoms with Crippen LogP contribution < -0.4 is 0 Å². The van der Waals surface area contributed by atoms with Crippen LogP contribution in [-0.4, -0.2) is 0 Å². The third-order valence-corrected chi connectivity index (χ3v) is 1.42. The molecule has 0 nitrogen and oxygen atoms in total. The van der Waals surface area contributed by atoms with E-state index in [1.165, 1.54) is 21.9 Å². The molecule has 0 N–H and O–H groups in total. The zero-order valence-corrected chi connectivity index (χ0v) is 11.7. The van der Waals surface area contributed by atoms with Gasteiger partial charge in [-0.2, -0.15) is 18.1 Å². The second-order valence-electron chi connectivity index (χ2n) is 1.84. The minimum atomic E-state index is 0.797. The van der Waals surface area contributed by atoms with E-state index in [4.69, 9.17) is 11.6 Å². The molecule has 1 aromatic carbocycles. The van der Waals surface area contributed by atoms with Crippen molar-refractivity contribution in [2.24, 2.45) is 0 Å². The summed E-state index contributed by atoms with van der Waals surface area (Å²) in [5.41, 5.74) is 1.17. The Hall–Kier alpha value is 0.483. The fraction of sp³-hybridized carbons (Fsp3) is 0.125. The van der Waals surface area contributed by atoms with Crippen molar-refractivity contribution in [1.82, 2.24) is 0 Å². The SMILES string of the molecule is C[CH-]c1cccc(Cl)c1.[Zn+][Br]. The van der Waals surface area contributed by atoms with E-state index >= 15 is 0 Å². The molecule has 0 radical (unpaired) electrons. The molecule has 0 bridgehead atoms. The topological polar surface area (TPSA) is 0 Å². The predicted octanol–water partition coefficient (Wildman–Crippen LogP) is 3.76. The Labute approximate surface area is 89.4 Å². The van der Waals surface area contributed by atoms with E-state index in [1.54, 1.807) is 0 Å². The maximum atomic E-state index is 5.70. The third kappa shape index (κ3) is 4.84. The first kappa shape index (κ1) is 11.5. The Balaban J connectivity index is 0.000000461. The van der Waals surface area contributed by atoms with Crippen LogP contribution in [-0.2, 0) is 16.3 Å². The Morgan fingerprint density at radius 3 is 2.45 bits per heavy atom. The van der Waals surface area contributed by atoms with Crippen molar-refractivity contribution >= 4 is 25.2 Å². The summed E-state index contributed by atoms with van der Waals surface area (Å²) < 4.78 is 0. The van der Waals surface area contributed by atoms with Gasteiger partial charge < -0.3 is 0 Å². The van der Waals surface area contributed by atoms with Gasteiger partial charge in [-0.05, 0) is 5.02 Å². The zero-order chi connectivity index (χ0) is 8.69. The zero-order valence-electron chi connectivity index (χ0n) is 6.35. The van der Waals surface area contributed by atoms with E-state index in [-0.39, 0.29) is 0 Å². The van der Waals surface area contributed by atoms with Gasteiger partial charge in [-0.15, -0.1) is 12.1 Å². The van der Waals surface area contributed by atoms with Crippen molar-refractivity contribution in [3.05, 3.63) is 41.3 Å². The summed E-state index contributed by atoms with van der Waals surface area (Å²) in [6.07, 6.45) is 2.02. The maximum absolute atomic E-state index is 5.70. The van der Waals surface area contributed by atoms with Gasteiger partial charge in [0.1, 0.15) is 0 Å². The van der Waals surface area contributed by atoms with Gasteiger partial charge in [0.2, 0.25) is 0 Å². The van der Waals surface area contributed by atoms with E-state index in [0.717, 1.165) is 5.02 Å². The fourth-order valence-corrected chi connectivity index (χ4v) is 0.885. The van der Waals surface area contributed by atoms with Crippen LogP contribution in [0.1, 0.15) is 12.5 Å². The summed E-state index contributed by atoms with van der Waals surface area (Å²) in [6, 6.07) is 7.76. The van der Waals surface area contributed by atoms with Crippen LogP contribution in [0.15, 0.2) is 24.3 Å². The molecule has 0 saturated heterocycles. The van der Waals surface area contributed by atoms with Crippen LogP contribution in [0, 0.1) is 6.42 Å². The van der Waals surface area contributed by atoms with Crippen LogP contribution in [0.2, 0.25) is 5.02 Å². The molecule has 0 heterocycles. The molecule has 0 unspecified atom stereocenters. The molecule has 0 aromatic heterocycles. The number of rotatable bonds is 1. The average Bonchev–Trinajstić information content (AvgIpc) is 2.08. The van der Waals surface area contributed by atoms with Crippen molar-refractivity contribution < 1.29 is 16.3 Å². The quantitative estimate of drug-likeness (QED) is 0.544. The molecule has 1 aromatic rings. The van der Waals surface area contributed by atoms with E-state index < -0.39 is 0 Å². The molecule has 0 aliphatic rings. The van der Waals surface area contributed by atoms with Gasteiger partial charge in [-0.25, -0.2) is 0 Å². The third-order valence-electron chi connectivity index (χ3n) is 1.18. The molecule has 1 rings (SSSR count). The second-order valence-corrected chi connectivity index (χ2v) is 2.28. The monoisotopic (exact) mass is 282 g/mol. The van der Waals surface area contributed by atoms with Crippen molar-refractivity contribution in [2.75, 3.05) is 0 Å². The summed E-state index contributed by atoms with van der Waals surface area (Å²) in [4.78, 5) is 0. The molecule has 0 aliphatic heterocycles. The molecular weight excluding hydrogens is 277 g/mol. The van der Waals surface area contributed by atoms with Crippen LogP contribution >= 0.6 is 25.2 Å². The fourth-order valence-electron chi connectivity index (χ4n) is 0.686. The van der Waals surface area contributed by atoms with Crippen LogP contribution in [0.5, 0.6) is 0 Å². The van der Waals surface area contributed by atoms with Crippen LogP contribution in [0.4, 0.5) is 0 Å². The molecule has 0 spiro atoms. The molecule has 3 heteroatoms. The number of hydrogen-bond donors (Lipinski definition) is 0. The molecule has 0 fully saturated rings. The number of benzene rings is 1. The van der Waals surface area contributed by atoms with Gasteiger partial charge in [0.15, 0.2) is 0 Å². The van der Waals surface area contributed by atoms with E-state index in [1.807, 2.05) is 37.6 Å². The summed E-state index contributed by atoms with van der Waals surface area (Å²) in [7, 11) is 0. The first-order chi connectivity index (χ1) is 5.33. The minimum absolute atomic E-state index is 0.797. The van der Waals surface area contributed by atoms with Gasteiger partial charge in [0.05, 0.1) is 0 Å². The standard InChI is InChI=1S/C8H8Cl.BrH.Zn/c1-2-7-4-3-5-8(9)6-7;;/h2-6H,1H3;1H;/q-1;;+2/p-1. The normalized spacial score (nSPS) is 8.09. The van der Waals surface area contributed by atoms with Gasteiger partial charge in [-0.3, -0.25) is 0 Å². The summed E-state index contributed by atoms with van der Waals surface area (Å²) in [5.74, 6) is 0. The van der Waals surface area contributed by atoms with Crippen LogP contribution in [0.3, 0.4) is 0 Å². The molecule has 0 amide bonds. The Kier molecular flexibility index (Phi) is 7.46. The Morgan fingerprint density at radius 2 is 2.09 bits per heavy atom. The van der Waals surface area contributed by atoms with Crippen molar-refractivity contribution in [1.29, 1.82) is 0 Å². The second kappa shape index (κ2) is 7.15. The summed E-state index contributed by atoms with van der Waals surface area (Å²) >= 11 is 9.95. The van der Waals surface area contributed by atoms with E-state index in [9.17, 15) is 0 Å². The Morgan fingerprint density at radius 1 is 1.45 bits per heavy atom. The van der Waals surface area contributed by atoms with E-state index in [2.05, 4.69) is 13.6 Å². The molecule has 0 atom stereocenters. The van der Waals surface area contributed by atoms with Gasteiger partial charge in [0.25, 0.3) is 0 Å². The van der Waals surface area contributed by atoms with Crippen molar-refractivity contribution in [3.8, 4) is 0 Å². The first-order valence-electron chi connectivity index (χ1n) is 3.14. The molecule has 56 valence electrons. The molecule has 0 saturated carbocycles. The summed E-state index contributed by atoms with van der Waals surface area (Å²) in [6.45, 7) is 1.99. The van der Waals surface area contributed by atoms with Gasteiger partial charge in [0, 0.05) is 0 Å².